The molecule has 0 aliphatic carbocycles. The topological polar surface area (TPSA) is 47.6 Å². The van der Waals surface area contributed by atoms with Gasteiger partial charge in [-0.15, -0.1) is 0 Å². The molecule has 0 aliphatic heterocycles. The van der Waals surface area contributed by atoms with Gasteiger partial charge in [0.15, 0.2) is 5.88 Å². The molecule has 0 fully saturated rings. The van der Waals surface area contributed by atoms with Crippen LogP contribution in [0.3, 0.4) is 0 Å². The zero-order chi connectivity index (χ0) is 14.9. The number of allylic oxidation sites excluding steroid dienone is 1. The molecule has 0 saturated heterocycles. The van der Waals surface area contributed by atoms with E-state index in [1.54, 1.807) is 13.3 Å². The Labute approximate surface area is 116 Å². The number of nitrogens with one attached hydrogen (secondary N) is 1. The monoisotopic (exact) mass is 269 g/mol. The summed E-state index contributed by atoms with van der Waals surface area (Å²) in [5.74, 6) is 0.338. The summed E-state index contributed by atoms with van der Waals surface area (Å²) in [5.41, 5.74) is 0.706. The van der Waals surface area contributed by atoms with E-state index >= 15 is 0 Å². The van der Waals surface area contributed by atoms with Gasteiger partial charge in [0.1, 0.15) is 0 Å². The number of hydrogen-bond acceptors (Lipinski definition) is 4. The van der Waals surface area contributed by atoms with Crippen LogP contribution in [0.25, 0.3) is 0 Å². The minimum atomic E-state index is -0.471. The van der Waals surface area contributed by atoms with E-state index in [9.17, 15) is 4.79 Å². The van der Waals surface area contributed by atoms with Crippen LogP contribution in [0.1, 0.15) is 46.5 Å². The number of hydrogen-bond donors (Lipinski definition) is 1. The first kappa shape index (κ1) is 17.6. The van der Waals surface area contributed by atoms with Gasteiger partial charge >= 0.3 is 5.97 Å². The third-order valence-corrected chi connectivity index (χ3v) is 3.03. The molecule has 0 aromatic carbocycles. The SMILES string of the molecule is C=C(NC)O/C=C(\CCC)CCC(C)(C)C(=O)OC. The lowest BCUT2D eigenvalue weighted by Gasteiger charge is -2.21. The van der Waals surface area contributed by atoms with Gasteiger partial charge in [0.05, 0.1) is 18.8 Å². The average molecular weight is 269 g/mol. The third-order valence-electron chi connectivity index (χ3n) is 3.03. The molecule has 0 heterocycles. The van der Waals surface area contributed by atoms with E-state index in [0.717, 1.165) is 25.7 Å². The lowest BCUT2D eigenvalue weighted by Crippen LogP contribution is -2.25. The molecule has 0 atom stereocenters. The molecule has 4 nitrogen and oxygen atoms in total. The number of carbonyl (C=O) groups excluding carboxylic acids is 1. The lowest BCUT2D eigenvalue weighted by molar-refractivity contribution is -0.151. The molecule has 0 aliphatic rings. The molecule has 0 radical (unpaired) electrons. The van der Waals surface area contributed by atoms with Gasteiger partial charge in [0, 0.05) is 7.05 Å². The molecule has 110 valence electrons. The fourth-order valence-electron chi connectivity index (χ4n) is 1.63. The van der Waals surface area contributed by atoms with Crippen LogP contribution in [0.2, 0.25) is 0 Å². The van der Waals surface area contributed by atoms with Gasteiger partial charge in [-0.25, -0.2) is 0 Å². The highest BCUT2D eigenvalue weighted by atomic mass is 16.5. The minimum Gasteiger partial charge on any atom is -0.469 e. The highest BCUT2D eigenvalue weighted by Gasteiger charge is 2.28. The van der Waals surface area contributed by atoms with Gasteiger partial charge in [-0.05, 0) is 45.3 Å². The summed E-state index contributed by atoms with van der Waals surface area (Å²) >= 11 is 0. The first-order valence-corrected chi connectivity index (χ1v) is 6.67. The van der Waals surface area contributed by atoms with Gasteiger partial charge in [-0.1, -0.05) is 13.3 Å². The standard InChI is InChI=1S/C15H27NO3/c1-7-8-13(11-19-12(2)16-5)9-10-15(3,4)14(17)18-6/h11,16H,2,7-10H2,1,3-6H3/b13-11+. The molecule has 4 heteroatoms. The zero-order valence-corrected chi connectivity index (χ0v) is 12.8. The molecule has 19 heavy (non-hydrogen) atoms. The van der Waals surface area contributed by atoms with Crippen LogP contribution in [0.15, 0.2) is 24.3 Å². The van der Waals surface area contributed by atoms with Crippen molar-refractivity contribution >= 4 is 5.97 Å². The fraction of sp³-hybridized carbons (Fsp3) is 0.667. The van der Waals surface area contributed by atoms with Crippen LogP contribution in [0.5, 0.6) is 0 Å². The maximum atomic E-state index is 11.6. The molecule has 0 saturated carbocycles. The van der Waals surface area contributed by atoms with Crippen molar-refractivity contribution in [1.82, 2.24) is 5.32 Å². The van der Waals surface area contributed by atoms with Crippen molar-refractivity contribution in [2.24, 2.45) is 5.41 Å². The Hall–Kier alpha value is -1.45. The summed E-state index contributed by atoms with van der Waals surface area (Å²) < 4.78 is 10.2. The number of ether oxygens (including phenoxy) is 2. The molecule has 0 amide bonds. The number of esters is 1. The Morgan fingerprint density at radius 2 is 2.00 bits per heavy atom. The minimum absolute atomic E-state index is 0.177. The molecular weight excluding hydrogens is 242 g/mol. The predicted octanol–water partition coefficient (Wildman–Crippen LogP) is 3.36. The molecule has 1 N–H and O–H groups in total. The first-order chi connectivity index (χ1) is 8.87. The van der Waals surface area contributed by atoms with Gasteiger partial charge < -0.3 is 14.8 Å². The van der Waals surface area contributed by atoms with Crippen molar-refractivity contribution in [1.29, 1.82) is 0 Å². The first-order valence-electron chi connectivity index (χ1n) is 6.67. The molecule has 0 unspecified atom stereocenters. The smallest absolute Gasteiger partial charge is 0.311 e. The largest absolute Gasteiger partial charge is 0.469 e. The molecule has 0 rings (SSSR count). The summed E-state index contributed by atoms with van der Waals surface area (Å²) in [7, 11) is 3.18. The molecule has 0 aromatic heterocycles. The van der Waals surface area contributed by atoms with Crippen molar-refractivity contribution in [3.05, 3.63) is 24.3 Å². The summed E-state index contributed by atoms with van der Waals surface area (Å²) in [6.07, 6.45) is 5.28. The van der Waals surface area contributed by atoms with Crippen LogP contribution >= 0.6 is 0 Å². The summed E-state index contributed by atoms with van der Waals surface area (Å²) in [6, 6.07) is 0. The van der Waals surface area contributed by atoms with Crippen molar-refractivity contribution < 1.29 is 14.3 Å². The average Bonchev–Trinajstić information content (AvgIpc) is 2.40. The van der Waals surface area contributed by atoms with Crippen molar-refractivity contribution in [3.8, 4) is 0 Å². The van der Waals surface area contributed by atoms with Gasteiger partial charge in [-0.2, -0.15) is 0 Å². The van der Waals surface area contributed by atoms with E-state index in [1.807, 2.05) is 13.8 Å². The Balaban J connectivity index is 4.51. The molecule has 0 bridgehead atoms. The van der Waals surface area contributed by atoms with E-state index in [2.05, 4.69) is 18.8 Å². The normalized spacial score (nSPS) is 11.9. The second-order valence-electron chi connectivity index (χ2n) is 5.19. The summed E-state index contributed by atoms with van der Waals surface area (Å²) in [6.45, 7) is 9.62. The summed E-state index contributed by atoms with van der Waals surface area (Å²) in [5, 5.41) is 2.83. The second-order valence-corrected chi connectivity index (χ2v) is 5.19. The van der Waals surface area contributed by atoms with Crippen LogP contribution in [0.4, 0.5) is 0 Å². The number of rotatable bonds is 9. The van der Waals surface area contributed by atoms with Crippen LogP contribution in [0, 0.1) is 5.41 Å². The van der Waals surface area contributed by atoms with Crippen molar-refractivity contribution in [3.63, 3.8) is 0 Å². The van der Waals surface area contributed by atoms with Gasteiger partial charge in [-0.3, -0.25) is 4.79 Å². The quantitative estimate of drug-likeness (QED) is 0.515. The Morgan fingerprint density at radius 3 is 2.47 bits per heavy atom. The lowest BCUT2D eigenvalue weighted by atomic mass is 9.86. The molecule has 0 aromatic rings. The fourth-order valence-corrected chi connectivity index (χ4v) is 1.63. The maximum Gasteiger partial charge on any atom is 0.311 e. The second kappa shape index (κ2) is 8.62. The number of methoxy groups -OCH3 is 1. The summed E-state index contributed by atoms with van der Waals surface area (Å²) in [4.78, 5) is 11.6. The van der Waals surface area contributed by atoms with E-state index in [0.29, 0.717) is 5.88 Å². The van der Waals surface area contributed by atoms with Gasteiger partial charge in [0.2, 0.25) is 0 Å². The van der Waals surface area contributed by atoms with Crippen LogP contribution in [-0.4, -0.2) is 20.1 Å². The zero-order valence-electron chi connectivity index (χ0n) is 12.8. The highest BCUT2D eigenvalue weighted by Crippen LogP contribution is 2.27. The van der Waals surface area contributed by atoms with Crippen molar-refractivity contribution in [2.75, 3.05) is 14.2 Å². The Morgan fingerprint density at radius 1 is 1.37 bits per heavy atom. The molecule has 0 spiro atoms. The highest BCUT2D eigenvalue weighted by molar-refractivity contribution is 5.75. The third kappa shape index (κ3) is 6.89. The predicted molar refractivity (Wildman–Crippen MR) is 77.3 cm³/mol. The van der Waals surface area contributed by atoms with Crippen molar-refractivity contribution in [2.45, 2.75) is 46.5 Å². The van der Waals surface area contributed by atoms with Crippen LogP contribution in [-0.2, 0) is 14.3 Å². The van der Waals surface area contributed by atoms with E-state index in [1.165, 1.54) is 12.7 Å². The maximum absolute atomic E-state index is 11.6. The molecular formula is C15H27NO3. The Bertz CT molecular complexity index is 332. The van der Waals surface area contributed by atoms with E-state index in [4.69, 9.17) is 9.47 Å². The van der Waals surface area contributed by atoms with Gasteiger partial charge in [0.25, 0.3) is 0 Å². The van der Waals surface area contributed by atoms with Crippen LogP contribution < -0.4 is 5.32 Å². The van der Waals surface area contributed by atoms with E-state index < -0.39 is 5.41 Å². The Kier molecular flexibility index (Phi) is 7.96. The number of carbonyl (C=O) groups is 1. The van der Waals surface area contributed by atoms with E-state index in [-0.39, 0.29) is 5.97 Å².